The Balaban J connectivity index is 1.89. The average Bonchev–Trinajstić information content (AvgIpc) is 2.72. The maximum atomic E-state index is 11.3. The highest BCUT2D eigenvalue weighted by atomic mass is 16.4. The number of fused-ring (bicyclic) bond motifs is 1. The second-order valence-electron chi connectivity index (χ2n) is 9.24. The SMILES string of the molecule is C=C/C=C(\C=C/C)[C@H]1CN2CC(C)[C@](C)(c3cccc(O)c3)CC2CN1CCC(=O)O. The minimum Gasteiger partial charge on any atom is -0.508 e. The quantitative estimate of drug-likeness (QED) is 0.642. The second-order valence-corrected chi connectivity index (χ2v) is 9.24. The Morgan fingerprint density at radius 3 is 2.74 bits per heavy atom. The fraction of sp³-hybridized carbons (Fsp3) is 0.500. The molecule has 0 bridgehead atoms. The van der Waals surface area contributed by atoms with Gasteiger partial charge in [0.25, 0.3) is 0 Å². The smallest absolute Gasteiger partial charge is 0.304 e. The Kier molecular flexibility index (Phi) is 7.39. The number of aromatic hydroxyl groups is 1. The topological polar surface area (TPSA) is 64.0 Å². The van der Waals surface area contributed by atoms with Gasteiger partial charge in [0, 0.05) is 38.3 Å². The predicted molar refractivity (Wildman–Crippen MR) is 125 cm³/mol. The molecular weight excluding hydrogens is 388 g/mol. The van der Waals surface area contributed by atoms with Gasteiger partial charge in [-0.25, -0.2) is 0 Å². The second kappa shape index (κ2) is 9.84. The lowest BCUT2D eigenvalue weighted by Crippen LogP contribution is -2.64. The van der Waals surface area contributed by atoms with Crippen LogP contribution in [0.1, 0.15) is 39.2 Å². The molecule has 2 fully saturated rings. The van der Waals surface area contributed by atoms with Crippen LogP contribution in [0.2, 0.25) is 0 Å². The van der Waals surface area contributed by atoms with Crippen molar-refractivity contribution in [2.75, 3.05) is 26.2 Å². The molecule has 2 unspecified atom stereocenters. The van der Waals surface area contributed by atoms with E-state index in [1.165, 1.54) is 11.1 Å². The zero-order valence-corrected chi connectivity index (χ0v) is 19.0. The third-order valence-electron chi connectivity index (χ3n) is 7.24. The lowest BCUT2D eigenvalue weighted by Gasteiger charge is -2.55. The summed E-state index contributed by atoms with van der Waals surface area (Å²) in [6.07, 6.45) is 9.13. The minimum absolute atomic E-state index is 0.0334. The number of benzene rings is 1. The molecule has 2 heterocycles. The Bertz CT molecular complexity index is 862. The van der Waals surface area contributed by atoms with Gasteiger partial charge in [-0.1, -0.05) is 56.9 Å². The Hall–Kier alpha value is -2.37. The third kappa shape index (κ3) is 5.10. The Morgan fingerprint density at radius 1 is 1.32 bits per heavy atom. The van der Waals surface area contributed by atoms with Crippen LogP contribution in [0.15, 0.2) is 60.7 Å². The summed E-state index contributed by atoms with van der Waals surface area (Å²) in [5.74, 6) is -0.0145. The number of hydrogen-bond acceptors (Lipinski definition) is 4. The number of piperidine rings is 1. The molecule has 0 amide bonds. The molecule has 1 aromatic rings. The summed E-state index contributed by atoms with van der Waals surface area (Å²) in [7, 11) is 0. The van der Waals surface area contributed by atoms with Crippen molar-refractivity contribution in [2.24, 2.45) is 5.92 Å². The Morgan fingerprint density at radius 2 is 2.10 bits per heavy atom. The van der Waals surface area contributed by atoms with Gasteiger partial charge in [-0.2, -0.15) is 0 Å². The standard InChI is InChI=1S/C26H36N2O3/c1-5-8-20(9-6-2)24-18-28-16-19(3)26(4,21-10-7-11-23(29)14-21)15-22(28)17-27(24)13-12-25(30)31/h5-11,14,19,22,24,29H,1,12-13,15-18H2,2-4H3,(H,30,31)/b9-6-,20-8+/t19?,22?,24-,26-/m1/s1. The van der Waals surface area contributed by atoms with E-state index in [0.29, 0.717) is 24.3 Å². The van der Waals surface area contributed by atoms with E-state index in [2.05, 4.69) is 42.4 Å². The summed E-state index contributed by atoms with van der Waals surface area (Å²) in [5, 5.41) is 19.3. The molecular formula is C26H36N2O3. The molecule has 0 spiro atoms. The molecule has 2 N–H and O–H groups in total. The number of rotatable bonds is 7. The molecule has 2 saturated heterocycles. The molecule has 3 rings (SSSR count). The van der Waals surface area contributed by atoms with Crippen molar-refractivity contribution in [1.29, 1.82) is 0 Å². The predicted octanol–water partition coefficient (Wildman–Crippen LogP) is 4.21. The van der Waals surface area contributed by atoms with Crippen molar-refractivity contribution in [3.63, 3.8) is 0 Å². The molecule has 0 aliphatic carbocycles. The Labute approximate surface area is 186 Å². The van der Waals surface area contributed by atoms with Crippen LogP contribution < -0.4 is 0 Å². The number of phenols is 1. The summed E-state index contributed by atoms with van der Waals surface area (Å²) in [6, 6.07) is 8.17. The molecule has 5 nitrogen and oxygen atoms in total. The van der Waals surface area contributed by atoms with Gasteiger partial charge in [-0.15, -0.1) is 0 Å². The van der Waals surface area contributed by atoms with Gasteiger partial charge in [0.1, 0.15) is 5.75 Å². The van der Waals surface area contributed by atoms with Crippen LogP contribution in [0.5, 0.6) is 5.75 Å². The molecule has 5 heteroatoms. The van der Waals surface area contributed by atoms with Gasteiger partial charge >= 0.3 is 5.97 Å². The first-order chi connectivity index (χ1) is 14.8. The lowest BCUT2D eigenvalue weighted by atomic mass is 9.65. The number of carbonyl (C=O) groups is 1. The van der Waals surface area contributed by atoms with E-state index in [1.807, 2.05) is 37.3 Å². The van der Waals surface area contributed by atoms with Crippen LogP contribution in [0, 0.1) is 5.92 Å². The molecule has 168 valence electrons. The van der Waals surface area contributed by atoms with Crippen LogP contribution in [0.3, 0.4) is 0 Å². The van der Waals surface area contributed by atoms with Crippen molar-refractivity contribution < 1.29 is 15.0 Å². The molecule has 1 aromatic carbocycles. The van der Waals surface area contributed by atoms with Crippen molar-refractivity contribution >= 4 is 5.97 Å². The number of carboxylic acid groups (broad SMARTS) is 1. The van der Waals surface area contributed by atoms with Crippen LogP contribution in [0.4, 0.5) is 0 Å². The van der Waals surface area contributed by atoms with Crippen molar-refractivity contribution in [3.05, 3.63) is 66.3 Å². The number of nitrogens with zero attached hydrogens (tertiary/aromatic N) is 2. The van der Waals surface area contributed by atoms with Crippen molar-refractivity contribution in [1.82, 2.24) is 9.80 Å². The van der Waals surface area contributed by atoms with Crippen LogP contribution in [-0.4, -0.2) is 64.2 Å². The first-order valence-corrected chi connectivity index (χ1v) is 11.2. The lowest BCUT2D eigenvalue weighted by molar-refractivity contribution is -0.137. The third-order valence-corrected chi connectivity index (χ3v) is 7.24. The first kappa shape index (κ1) is 23.3. The van der Waals surface area contributed by atoms with E-state index in [0.717, 1.165) is 26.1 Å². The van der Waals surface area contributed by atoms with Crippen LogP contribution in [-0.2, 0) is 10.2 Å². The maximum Gasteiger partial charge on any atom is 0.304 e. The number of piperazine rings is 1. The summed E-state index contributed by atoms with van der Waals surface area (Å²) >= 11 is 0. The van der Waals surface area contributed by atoms with E-state index in [1.54, 1.807) is 6.07 Å². The molecule has 0 saturated carbocycles. The van der Waals surface area contributed by atoms with E-state index in [-0.39, 0.29) is 17.9 Å². The normalized spacial score (nSPS) is 30.3. The van der Waals surface area contributed by atoms with E-state index in [4.69, 9.17) is 0 Å². The minimum atomic E-state index is -0.761. The summed E-state index contributed by atoms with van der Waals surface area (Å²) < 4.78 is 0. The highest BCUT2D eigenvalue weighted by Crippen LogP contribution is 2.44. The van der Waals surface area contributed by atoms with Gasteiger partial charge in [0.2, 0.25) is 0 Å². The van der Waals surface area contributed by atoms with Gasteiger partial charge in [0.05, 0.1) is 6.42 Å². The monoisotopic (exact) mass is 424 g/mol. The van der Waals surface area contributed by atoms with Crippen LogP contribution in [0.25, 0.3) is 0 Å². The molecule has 0 aromatic heterocycles. The zero-order chi connectivity index (χ0) is 22.6. The van der Waals surface area contributed by atoms with Crippen LogP contribution >= 0.6 is 0 Å². The van der Waals surface area contributed by atoms with Gasteiger partial charge < -0.3 is 10.2 Å². The molecule has 0 radical (unpaired) electrons. The number of allylic oxidation sites excluding steroid dienone is 3. The number of carboxylic acids is 1. The fourth-order valence-electron chi connectivity index (χ4n) is 5.33. The summed E-state index contributed by atoms with van der Waals surface area (Å²) in [6.45, 7) is 13.7. The number of aliphatic carboxylic acids is 1. The fourth-order valence-corrected chi connectivity index (χ4v) is 5.33. The highest BCUT2D eigenvalue weighted by molar-refractivity contribution is 5.66. The molecule has 4 atom stereocenters. The van der Waals surface area contributed by atoms with Crippen molar-refractivity contribution in [2.45, 2.75) is 51.1 Å². The van der Waals surface area contributed by atoms with E-state index in [9.17, 15) is 15.0 Å². The molecule has 2 aliphatic heterocycles. The number of hydrogen-bond donors (Lipinski definition) is 2. The van der Waals surface area contributed by atoms with Crippen molar-refractivity contribution in [3.8, 4) is 5.75 Å². The molecule has 2 aliphatic rings. The van der Waals surface area contributed by atoms with Gasteiger partial charge in [-0.3, -0.25) is 14.6 Å². The molecule has 31 heavy (non-hydrogen) atoms. The highest BCUT2D eigenvalue weighted by Gasteiger charge is 2.46. The number of phenolic OH excluding ortho intramolecular Hbond substituents is 1. The van der Waals surface area contributed by atoms with E-state index >= 15 is 0 Å². The first-order valence-electron chi connectivity index (χ1n) is 11.2. The maximum absolute atomic E-state index is 11.3. The summed E-state index contributed by atoms with van der Waals surface area (Å²) in [4.78, 5) is 16.2. The average molecular weight is 425 g/mol. The van der Waals surface area contributed by atoms with Gasteiger partial charge in [0.15, 0.2) is 0 Å². The largest absolute Gasteiger partial charge is 0.508 e. The zero-order valence-electron chi connectivity index (χ0n) is 19.0. The summed E-state index contributed by atoms with van der Waals surface area (Å²) in [5.41, 5.74) is 2.32. The van der Waals surface area contributed by atoms with Gasteiger partial charge in [-0.05, 0) is 47.9 Å². The van der Waals surface area contributed by atoms with E-state index < -0.39 is 5.97 Å².